The summed E-state index contributed by atoms with van der Waals surface area (Å²) >= 11 is 0.836. The molecule has 10 heteroatoms. The maximum Gasteiger partial charge on any atom is 0.416 e. The third-order valence-electron chi connectivity index (χ3n) is 4.62. The van der Waals surface area contributed by atoms with E-state index in [0.29, 0.717) is 10.7 Å². The Labute approximate surface area is 189 Å². The van der Waals surface area contributed by atoms with E-state index in [1.54, 1.807) is 36.4 Å². The summed E-state index contributed by atoms with van der Waals surface area (Å²) in [6.45, 7) is -0.383. The SMILES string of the molecule is O=C(COc1ccc2cc(/C=C3/SC(=O)NC3=O)ccc2c1)Nc1cccc(C(F)(F)F)c1. The van der Waals surface area contributed by atoms with Gasteiger partial charge in [-0.15, -0.1) is 0 Å². The predicted octanol–water partition coefficient (Wildman–Crippen LogP) is 5.20. The molecule has 3 amide bonds. The average Bonchev–Trinajstić information content (AvgIpc) is 3.08. The zero-order chi connectivity index (χ0) is 23.6. The summed E-state index contributed by atoms with van der Waals surface area (Å²) in [5.74, 6) is -0.625. The molecule has 0 bridgehead atoms. The number of carbonyl (C=O) groups excluding carboxylic acids is 3. The Morgan fingerprint density at radius 3 is 2.52 bits per heavy atom. The van der Waals surface area contributed by atoms with Crippen molar-refractivity contribution in [3.63, 3.8) is 0 Å². The van der Waals surface area contributed by atoms with E-state index in [9.17, 15) is 27.6 Å². The highest BCUT2D eigenvalue weighted by Gasteiger charge is 2.30. The van der Waals surface area contributed by atoms with Gasteiger partial charge in [-0.1, -0.05) is 24.3 Å². The summed E-state index contributed by atoms with van der Waals surface area (Å²) in [6.07, 6.45) is -2.88. The molecule has 0 radical (unpaired) electrons. The van der Waals surface area contributed by atoms with Crippen LogP contribution in [-0.4, -0.2) is 23.7 Å². The number of benzene rings is 3. The molecule has 2 N–H and O–H groups in total. The van der Waals surface area contributed by atoms with Gasteiger partial charge in [0.2, 0.25) is 0 Å². The molecule has 0 atom stereocenters. The summed E-state index contributed by atoms with van der Waals surface area (Å²) in [4.78, 5) is 35.4. The van der Waals surface area contributed by atoms with Crippen molar-refractivity contribution in [2.45, 2.75) is 6.18 Å². The van der Waals surface area contributed by atoms with Gasteiger partial charge in [-0.25, -0.2) is 0 Å². The van der Waals surface area contributed by atoms with Crippen molar-refractivity contribution < 1.29 is 32.3 Å². The second-order valence-electron chi connectivity index (χ2n) is 7.04. The zero-order valence-corrected chi connectivity index (χ0v) is 17.5. The third-order valence-corrected chi connectivity index (χ3v) is 5.43. The highest BCUT2D eigenvalue weighted by atomic mass is 32.2. The lowest BCUT2D eigenvalue weighted by molar-refractivity contribution is -0.137. The highest BCUT2D eigenvalue weighted by Crippen LogP contribution is 2.31. The molecule has 0 aromatic heterocycles. The smallest absolute Gasteiger partial charge is 0.416 e. The Morgan fingerprint density at radius 1 is 1.03 bits per heavy atom. The minimum atomic E-state index is -4.50. The van der Waals surface area contributed by atoms with Crippen molar-refractivity contribution in [1.82, 2.24) is 5.32 Å². The molecule has 0 saturated carbocycles. The van der Waals surface area contributed by atoms with Gasteiger partial charge < -0.3 is 10.1 Å². The Balaban J connectivity index is 1.40. The largest absolute Gasteiger partial charge is 0.484 e. The van der Waals surface area contributed by atoms with E-state index < -0.39 is 28.8 Å². The third kappa shape index (κ3) is 5.53. The van der Waals surface area contributed by atoms with Gasteiger partial charge in [-0.05, 0) is 70.6 Å². The van der Waals surface area contributed by atoms with Crippen molar-refractivity contribution in [1.29, 1.82) is 0 Å². The predicted molar refractivity (Wildman–Crippen MR) is 119 cm³/mol. The second kappa shape index (κ2) is 8.99. The molecule has 1 aliphatic heterocycles. The fourth-order valence-electron chi connectivity index (χ4n) is 3.11. The number of hydrogen-bond donors (Lipinski definition) is 2. The van der Waals surface area contributed by atoms with Gasteiger partial charge in [-0.2, -0.15) is 13.2 Å². The second-order valence-corrected chi connectivity index (χ2v) is 8.05. The van der Waals surface area contributed by atoms with Crippen molar-refractivity contribution >= 4 is 51.4 Å². The minimum absolute atomic E-state index is 0.0226. The quantitative estimate of drug-likeness (QED) is 0.499. The number of thioether (sulfide) groups is 1. The van der Waals surface area contributed by atoms with Gasteiger partial charge >= 0.3 is 6.18 Å². The lowest BCUT2D eigenvalue weighted by Gasteiger charge is -2.11. The number of rotatable bonds is 5. The van der Waals surface area contributed by atoms with E-state index >= 15 is 0 Å². The van der Waals surface area contributed by atoms with E-state index in [0.717, 1.165) is 40.2 Å². The van der Waals surface area contributed by atoms with Crippen LogP contribution in [0, 0.1) is 0 Å². The molecule has 4 rings (SSSR count). The van der Waals surface area contributed by atoms with Crippen LogP contribution in [0.3, 0.4) is 0 Å². The molecule has 3 aromatic rings. The van der Waals surface area contributed by atoms with Crippen LogP contribution in [0.4, 0.5) is 23.7 Å². The molecule has 3 aromatic carbocycles. The molecule has 0 aliphatic carbocycles. The summed E-state index contributed by atoms with van der Waals surface area (Å²) in [5.41, 5.74) is -0.0945. The first-order chi connectivity index (χ1) is 15.7. The molecule has 0 spiro atoms. The minimum Gasteiger partial charge on any atom is -0.484 e. The number of fused-ring (bicyclic) bond motifs is 1. The van der Waals surface area contributed by atoms with Crippen LogP contribution in [0.2, 0.25) is 0 Å². The molecule has 0 unspecified atom stereocenters. The lowest BCUT2D eigenvalue weighted by atomic mass is 10.1. The van der Waals surface area contributed by atoms with Gasteiger partial charge in [0.1, 0.15) is 5.75 Å². The molecule has 1 fully saturated rings. The lowest BCUT2D eigenvalue weighted by Crippen LogP contribution is -2.20. The van der Waals surface area contributed by atoms with E-state index in [-0.39, 0.29) is 12.3 Å². The number of halogens is 3. The van der Waals surface area contributed by atoms with E-state index in [1.807, 2.05) is 6.07 Å². The maximum atomic E-state index is 12.8. The Morgan fingerprint density at radius 2 is 1.79 bits per heavy atom. The van der Waals surface area contributed by atoms with Crippen LogP contribution in [0.1, 0.15) is 11.1 Å². The first kappa shape index (κ1) is 22.4. The van der Waals surface area contributed by atoms with Gasteiger partial charge in [-0.3, -0.25) is 19.7 Å². The molecular formula is C23H15F3N2O4S. The van der Waals surface area contributed by atoms with E-state index in [2.05, 4.69) is 10.6 Å². The number of hydrogen-bond acceptors (Lipinski definition) is 5. The zero-order valence-electron chi connectivity index (χ0n) is 16.7. The van der Waals surface area contributed by atoms with Gasteiger partial charge in [0.05, 0.1) is 10.5 Å². The summed E-state index contributed by atoms with van der Waals surface area (Å²) in [6, 6.07) is 14.9. The topological polar surface area (TPSA) is 84.5 Å². The van der Waals surface area contributed by atoms with Crippen molar-refractivity contribution in [2.75, 3.05) is 11.9 Å². The number of carbonyl (C=O) groups is 3. The Kier molecular flexibility index (Phi) is 6.10. The fraction of sp³-hybridized carbons (Fsp3) is 0.0870. The molecule has 33 heavy (non-hydrogen) atoms. The number of amides is 3. The number of alkyl halides is 3. The molecule has 168 valence electrons. The van der Waals surface area contributed by atoms with Crippen LogP contribution >= 0.6 is 11.8 Å². The first-order valence-corrected chi connectivity index (χ1v) is 10.4. The van der Waals surface area contributed by atoms with Crippen molar-refractivity contribution in [2.24, 2.45) is 0 Å². The van der Waals surface area contributed by atoms with E-state index in [1.165, 1.54) is 12.1 Å². The Hall–Kier alpha value is -3.79. The molecule has 1 aliphatic rings. The van der Waals surface area contributed by atoms with Crippen LogP contribution in [0.15, 0.2) is 65.6 Å². The molecular weight excluding hydrogens is 457 g/mol. The number of imide groups is 1. The van der Waals surface area contributed by atoms with Crippen molar-refractivity contribution in [3.05, 3.63) is 76.7 Å². The molecule has 6 nitrogen and oxygen atoms in total. The van der Waals surface area contributed by atoms with Crippen LogP contribution in [0.25, 0.3) is 16.8 Å². The number of anilines is 1. The van der Waals surface area contributed by atoms with Crippen LogP contribution in [-0.2, 0) is 15.8 Å². The van der Waals surface area contributed by atoms with Gasteiger partial charge in [0.25, 0.3) is 17.1 Å². The van der Waals surface area contributed by atoms with E-state index in [4.69, 9.17) is 4.74 Å². The van der Waals surface area contributed by atoms with Crippen LogP contribution < -0.4 is 15.4 Å². The average molecular weight is 472 g/mol. The summed E-state index contributed by atoms with van der Waals surface area (Å²) in [7, 11) is 0. The summed E-state index contributed by atoms with van der Waals surface area (Å²) in [5, 5.41) is 5.83. The normalized spacial score (nSPS) is 15.1. The van der Waals surface area contributed by atoms with Crippen LogP contribution in [0.5, 0.6) is 5.75 Å². The molecule has 1 saturated heterocycles. The standard InChI is InChI=1S/C23H15F3N2O4S/c24-23(25,26)16-2-1-3-17(11-16)27-20(29)12-32-18-7-6-14-8-13(4-5-15(14)10-18)9-19-21(30)28-22(31)33-19/h1-11H,12H2,(H,27,29)(H,28,30,31)/b19-9+. The number of ether oxygens (including phenoxy) is 1. The first-order valence-electron chi connectivity index (χ1n) is 9.56. The Bertz CT molecular complexity index is 1300. The van der Waals surface area contributed by atoms with Gasteiger partial charge in [0, 0.05) is 5.69 Å². The van der Waals surface area contributed by atoms with Gasteiger partial charge in [0.15, 0.2) is 6.61 Å². The monoisotopic (exact) mass is 472 g/mol. The number of nitrogens with one attached hydrogen (secondary N) is 2. The fourth-order valence-corrected chi connectivity index (χ4v) is 3.80. The molecule has 1 heterocycles. The highest BCUT2D eigenvalue weighted by molar-refractivity contribution is 8.18. The summed E-state index contributed by atoms with van der Waals surface area (Å²) < 4.78 is 43.8. The maximum absolute atomic E-state index is 12.8. The van der Waals surface area contributed by atoms with Crippen molar-refractivity contribution in [3.8, 4) is 5.75 Å².